The highest BCUT2D eigenvalue weighted by atomic mass is 16.1. The molecule has 0 aliphatic rings. The standard InChI is InChI=1S/C19H18N4O/c1-14-7-5-6-10-16(14)19(24)21-18-12-11-17(22-23-18)20-13-15-8-3-2-4-9-15/h2-12H,13H2,1H3,(H,20,22)(H,21,23,24). The van der Waals surface area contributed by atoms with Crippen LogP contribution in [0.15, 0.2) is 66.7 Å². The number of carbonyl (C=O) groups excluding carboxylic acids is 1. The molecule has 5 nitrogen and oxygen atoms in total. The van der Waals surface area contributed by atoms with Gasteiger partial charge in [0.2, 0.25) is 0 Å². The van der Waals surface area contributed by atoms with E-state index in [9.17, 15) is 4.79 Å². The predicted molar refractivity (Wildman–Crippen MR) is 94.9 cm³/mol. The molecule has 0 saturated carbocycles. The number of amides is 1. The average Bonchev–Trinajstić information content (AvgIpc) is 2.62. The summed E-state index contributed by atoms with van der Waals surface area (Å²) in [4.78, 5) is 12.2. The lowest BCUT2D eigenvalue weighted by atomic mass is 10.1. The van der Waals surface area contributed by atoms with Gasteiger partial charge in [0.05, 0.1) is 0 Å². The van der Waals surface area contributed by atoms with Gasteiger partial charge in [0.25, 0.3) is 5.91 Å². The molecule has 3 aromatic rings. The zero-order chi connectivity index (χ0) is 16.8. The molecule has 1 aromatic heterocycles. The summed E-state index contributed by atoms with van der Waals surface area (Å²) in [6.45, 7) is 2.57. The lowest BCUT2D eigenvalue weighted by Gasteiger charge is -2.08. The fourth-order valence-corrected chi connectivity index (χ4v) is 2.29. The fraction of sp³-hybridized carbons (Fsp3) is 0.105. The van der Waals surface area contributed by atoms with Crippen molar-refractivity contribution in [2.45, 2.75) is 13.5 Å². The fourth-order valence-electron chi connectivity index (χ4n) is 2.29. The van der Waals surface area contributed by atoms with Crippen LogP contribution in [0.25, 0.3) is 0 Å². The molecule has 0 spiro atoms. The van der Waals surface area contributed by atoms with E-state index in [1.54, 1.807) is 18.2 Å². The average molecular weight is 318 g/mol. The summed E-state index contributed by atoms with van der Waals surface area (Å²) in [5.41, 5.74) is 2.71. The highest BCUT2D eigenvalue weighted by molar-refractivity contribution is 6.04. The summed E-state index contributed by atoms with van der Waals surface area (Å²) in [6, 6.07) is 21.0. The van der Waals surface area contributed by atoms with Gasteiger partial charge in [-0.05, 0) is 36.2 Å². The van der Waals surface area contributed by atoms with E-state index in [-0.39, 0.29) is 5.91 Å². The van der Waals surface area contributed by atoms with Gasteiger partial charge in [0, 0.05) is 12.1 Å². The Morgan fingerprint density at radius 1 is 0.875 bits per heavy atom. The van der Waals surface area contributed by atoms with Crippen molar-refractivity contribution in [2.75, 3.05) is 10.6 Å². The Bertz CT molecular complexity index is 816. The summed E-state index contributed by atoms with van der Waals surface area (Å²) in [7, 11) is 0. The zero-order valence-corrected chi connectivity index (χ0v) is 13.4. The van der Waals surface area contributed by atoms with Crippen molar-refractivity contribution < 1.29 is 4.79 Å². The Balaban J connectivity index is 1.60. The first kappa shape index (κ1) is 15.7. The maximum Gasteiger partial charge on any atom is 0.257 e. The van der Waals surface area contributed by atoms with Gasteiger partial charge in [-0.3, -0.25) is 4.79 Å². The van der Waals surface area contributed by atoms with E-state index < -0.39 is 0 Å². The largest absolute Gasteiger partial charge is 0.365 e. The van der Waals surface area contributed by atoms with E-state index in [0.717, 1.165) is 11.1 Å². The van der Waals surface area contributed by atoms with Gasteiger partial charge >= 0.3 is 0 Å². The Morgan fingerprint density at radius 3 is 2.25 bits per heavy atom. The predicted octanol–water partition coefficient (Wildman–Crippen LogP) is 3.65. The first-order chi connectivity index (χ1) is 11.7. The molecular weight excluding hydrogens is 300 g/mol. The number of aromatic nitrogens is 2. The third kappa shape index (κ3) is 3.95. The number of benzene rings is 2. The van der Waals surface area contributed by atoms with Crippen LogP contribution in [0.3, 0.4) is 0 Å². The van der Waals surface area contributed by atoms with Crippen LogP contribution >= 0.6 is 0 Å². The number of anilines is 2. The maximum absolute atomic E-state index is 12.2. The molecule has 1 heterocycles. The van der Waals surface area contributed by atoms with E-state index in [1.165, 1.54) is 0 Å². The molecule has 120 valence electrons. The second kappa shape index (κ2) is 7.37. The SMILES string of the molecule is Cc1ccccc1C(=O)Nc1ccc(NCc2ccccc2)nn1. The van der Waals surface area contributed by atoms with Crippen molar-refractivity contribution >= 4 is 17.5 Å². The van der Waals surface area contributed by atoms with Crippen LogP contribution in [0.1, 0.15) is 21.5 Å². The van der Waals surface area contributed by atoms with E-state index in [0.29, 0.717) is 23.7 Å². The highest BCUT2D eigenvalue weighted by Crippen LogP contribution is 2.12. The maximum atomic E-state index is 12.2. The molecule has 0 fully saturated rings. The Morgan fingerprint density at radius 2 is 1.54 bits per heavy atom. The summed E-state index contributed by atoms with van der Waals surface area (Å²) < 4.78 is 0. The van der Waals surface area contributed by atoms with Crippen LogP contribution in [-0.4, -0.2) is 16.1 Å². The Kier molecular flexibility index (Phi) is 4.81. The topological polar surface area (TPSA) is 66.9 Å². The van der Waals surface area contributed by atoms with Gasteiger partial charge in [0.1, 0.15) is 5.82 Å². The normalized spacial score (nSPS) is 10.2. The van der Waals surface area contributed by atoms with Crippen LogP contribution in [0.4, 0.5) is 11.6 Å². The molecule has 3 rings (SSSR count). The van der Waals surface area contributed by atoms with Crippen LogP contribution in [-0.2, 0) is 6.54 Å². The second-order valence-electron chi connectivity index (χ2n) is 5.41. The van der Waals surface area contributed by atoms with Crippen molar-refractivity contribution in [1.82, 2.24) is 10.2 Å². The molecule has 24 heavy (non-hydrogen) atoms. The monoisotopic (exact) mass is 318 g/mol. The number of hydrogen-bond donors (Lipinski definition) is 2. The van der Waals surface area contributed by atoms with Crippen molar-refractivity contribution in [1.29, 1.82) is 0 Å². The molecule has 0 saturated heterocycles. The van der Waals surface area contributed by atoms with Gasteiger partial charge in [-0.2, -0.15) is 0 Å². The molecule has 5 heteroatoms. The minimum atomic E-state index is -0.188. The molecule has 0 unspecified atom stereocenters. The number of rotatable bonds is 5. The Hall–Kier alpha value is -3.21. The van der Waals surface area contributed by atoms with E-state index in [2.05, 4.69) is 20.8 Å². The second-order valence-corrected chi connectivity index (χ2v) is 5.41. The van der Waals surface area contributed by atoms with E-state index in [1.807, 2.05) is 55.5 Å². The number of nitrogens with one attached hydrogen (secondary N) is 2. The van der Waals surface area contributed by atoms with Crippen LogP contribution in [0.2, 0.25) is 0 Å². The summed E-state index contributed by atoms with van der Waals surface area (Å²) in [5.74, 6) is 0.897. The van der Waals surface area contributed by atoms with E-state index in [4.69, 9.17) is 0 Å². The highest BCUT2D eigenvalue weighted by Gasteiger charge is 2.09. The molecule has 2 N–H and O–H groups in total. The quantitative estimate of drug-likeness (QED) is 0.753. The third-order valence-electron chi connectivity index (χ3n) is 3.61. The van der Waals surface area contributed by atoms with Crippen molar-refractivity contribution in [3.05, 3.63) is 83.4 Å². The van der Waals surface area contributed by atoms with Gasteiger partial charge in [-0.15, -0.1) is 10.2 Å². The van der Waals surface area contributed by atoms with Gasteiger partial charge in [-0.1, -0.05) is 48.5 Å². The summed E-state index contributed by atoms with van der Waals surface area (Å²) in [6.07, 6.45) is 0. The molecule has 0 aliphatic heterocycles. The van der Waals surface area contributed by atoms with Gasteiger partial charge in [0.15, 0.2) is 5.82 Å². The first-order valence-electron chi connectivity index (χ1n) is 7.71. The molecule has 0 aliphatic carbocycles. The minimum absolute atomic E-state index is 0.188. The third-order valence-corrected chi connectivity index (χ3v) is 3.61. The van der Waals surface area contributed by atoms with E-state index >= 15 is 0 Å². The van der Waals surface area contributed by atoms with Crippen molar-refractivity contribution in [3.8, 4) is 0 Å². The van der Waals surface area contributed by atoms with Crippen LogP contribution in [0, 0.1) is 6.92 Å². The molecule has 0 bridgehead atoms. The number of hydrogen-bond acceptors (Lipinski definition) is 4. The lowest BCUT2D eigenvalue weighted by Crippen LogP contribution is -2.14. The lowest BCUT2D eigenvalue weighted by molar-refractivity contribution is 0.102. The first-order valence-corrected chi connectivity index (χ1v) is 7.71. The number of aryl methyl sites for hydroxylation is 1. The molecule has 2 aromatic carbocycles. The molecular formula is C19H18N4O. The smallest absolute Gasteiger partial charge is 0.257 e. The number of nitrogens with zero attached hydrogens (tertiary/aromatic N) is 2. The Labute approximate surface area is 140 Å². The van der Waals surface area contributed by atoms with Gasteiger partial charge < -0.3 is 10.6 Å². The molecule has 1 amide bonds. The number of carbonyl (C=O) groups is 1. The summed E-state index contributed by atoms with van der Waals surface area (Å²) >= 11 is 0. The van der Waals surface area contributed by atoms with Crippen molar-refractivity contribution in [3.63, 3.8) is 0 Å². The molecule has 0 atom stereocenters. The van der Waals surface area contributed by atoms with Crippen LogP contribution in [0.5, 0.6) is 0 Å². The summed E-state index contributed by atoms with van der Waals surface area (Å²) in [5, 5.41) is 14.1. The minimum Gasteiger partial charge on any atom is -0.365 e. The van der Waals surface area contributed by atoms with Crippen LogP contribution < -0.4 is 10.6 Å². The van der Waals surface area contributed by atoms with Crippen molar-refractivity contribution in [2.24, 2.45) is 0 Å². The van der Waals surface area contributed by atoms with Gasteiger partial charge in [-0.25, -0.2) is 0 Å². The zero-order valence-electron chi connectivity index (χ0n) is 13.4. The molecule has 0 radical (unpaired) electrons.